The van der Waals surface area contributed by atoms with Crippen molar-refractivity contribution in [3.05, 3.63) is 42.6 Å². The molecular formula is C14H13N5OS. The van der Waals surface area contributed by atoms with Gasteiger partial charge >= 0.3 is 0 Å². The molecule has 0 bridgehead atoms. The Morgan fingerprint density at radius 1 is 1.19 bits per heavy atom. The number of hydrogen-bond donors (Lipinski definition) is 2. The molecule has 3 rings (SSSR count). The van der Waals surface area contributed by atoms with Gasteiger partial charge in [-0.05, 0) is 30.5 Å². The molecule has 2 heterocycles. The molecule has 0 unspecified atom stereocenters. The van der Waals surface area contributed by atoms with Gasteiger partial charge < -0.3 is 10.2 Å². The predicted octanol–water partition coefficient (Wildman–Crippen LogP) is 2.82. The van der Waals surface area contributed by atoms with Crippen LogP contribution in [0.5, 0.6) is 11.6 Å². The second-order valence-electron chi connectivity index (χ2n) is 4.15. The van der Waals surface area contributed by atoms with E-state index in [4.69, 9.17) is 10.6 Å². The van der Waals surface area contributed by atoms with E-state index in [0.717, 1.165) is 10.9 Å². The van der Waals surface area contributed by atoms with Crippen LogP contribution in [0, 0.1) is 0 Å². The number of benzene rings is 1. The average molecular weight is 299 g/mol. The van der Waals surface area contributed by atoms with Crippen molar-refractivity contribution >= 4 is 28.5 Å². The van der Waals surface area contributed by atoms with Gasteiger partial charge in [0.2, 0.25) is 5.88 Å². The van der Waals surface area contributed by atoms with E-state index in [1.165, 1.54) is 11.8 Å². The Morgan fingerprint density at radius 3 is 2.90 bits per heavy atom. The predicted molar refractivity (Wildman–Crippen MR) is 83.4 cm³/mol. The lowest BCUT2D eigenvalue weighted by Crippen LogP contribution is -2.09. The van der Waals surface area contributed by atoms with Crippen LogP contribution in [-0.2, 0) is 0 Å². The Hall–Kier alpha value is -2.38. The minimum atomic E-state index is 0.429. The number of nitrogens with zero attached hydrogens (tertiary/aromatic N) is 3. The van der Waals surface area contributed by atoms with Crippen molar-refractivity contribution in [1.82, 2.24) is 15.0 Å². The van der Waals surface area contributed by atoms with E-state index in [9.17, 15) is 0 Å². The van der Waals surface area contributed by atoms with Crippen molar-refractivity contribution in [3.8, 4) is 11.6 Å². The fraction of sp³-hybridized carbons (Fsp3) is 0.0714. The van der Waals surface area contributed by atoms with Crippen molar-refractivity contribution < 1.29 is 4.74 Å². The molecule has 0 amide bonds. The van der Waals surface area contributed by atoms with E-state index < -0.39 is 0 Å². The lowest BCUT2D eigenvalue weighted by molar-refractivity contribution is 0.461. The number of hydrazine groups is 1. The lowest BCUT2D eigenvalue weighted by Gasteiger charge is -2.09. The number of aromatic nitrogens is 3. The third-order valence-corrected chi connectivity index (χ3v) is 3.38. The summed E-state index contributed by atoms with van der Waals surface area (Å²) in [6.07, 6.45) is 3.64. The van der Waals surface area contributed by atoms with E-state index in [2.05, 4.69) is 20.4 Å². The first kappa shape index (κ1) is 13.6. The zero-order chi connectivity index (χ0) is 14.7. The first-order valence-corrected chi connectivity index (χ1v) is 7.44. The average Bonchev–Trinajstić information content (AvgIpc) is 2.55. The van der Waals surface area contributed by atoms with Gasteiger partial charge in [-0.2, -0.15) is 4.98 Å². The topological polar surface area (TPSA) is 86.0 Å². The first-order chi connectivity index (χ1) is 10.3. The highest BCUT2D eigenvalue weighted by atomic mass is 32.2. The number of pyridine rings is 1. The summed E-state index contributed by atoms with van der Waals surface area (Å²) in [5.74, 6) is 7.03. The van der Waals surface area contributed by atoms with Crippen LogP contribution in [0.15, 0.2) is 47.8 Å². The van der Waals surface area contributed by atoms with E-state index in [-0.39, 0.29) is 0 Å². The summed E-state index contributed by atoms with van der Waals surface area (Å²) >= 11 is 1.42. The summed E-state index contributed by atoms with van der Waals surface area (Å²) in [5.41, 5.74) is 3.38. The highest BCUT2D eigenvalue weighted by molar-refractivity contribution is 7.98. The molecule has 3 aromatic rings. The van der Waals surface area contributed by atoms with Crippen LogP contribution < -0.4 is 16.0 Å². The van der Waals surface area contributed by atoms with Crippen LogP contribution >= 0.6 is 11.8 Å². The van der Waals surface area contributed by atoms with E-state index in [1.54, 1.807) is 12.3 Å². The number of fused-ring (bicyclic) bond motifs is 1. The molecule has 0 radical (unpaired) electrons. The third kappa shape index (κ3) is 2.88. The smallest absolute Gasteiger partial charge is 0.225 e. The number of nitrogens with one attached hydrogen (secondary N) is 1. The second-order valence-corrected chi connectivity index (χ2v) is 4.92. The van der Waals surface area contributed by atoms with Gasteiger partial charge in [0.25, 0.3) is 0 Å². The third-order valence-electron chi connectivity index (χ3n) is 2.83. The van der Waals surface area contributed by atoms with Gasteiger partial charge in [-0.1, -0.05) is 17.8 Å². The van der Waals surface area contributed by atoms with Crippen LogP contribution in [0.2, 0.25) is 0 Å². The minimum absolute atomic E-state index is 0.429. The second kappa shape index (κ2) is 5.94. The lowest BCUT2D eigenvalue weighted by atomic mass is 10.2. The van der Waals surface area contributed by atoms with Crippen molar-refractivity contribution in [2.75, 3.05) is 11.7 Å². The molecule has 0 fully saturated rings. The van der Waals surface area contributed by atoms with Crippen LogP contribution in [0.25, 0.3) is 10.9 Å². The number of nitrogen functional groups attached to an aromatic ring is 1. The molecule has 0 aliphatic heterocycles. The molecule has 2 aromatic heterocycles. The quantitative estimate of drug-likeness (QED) is 0.331. The van der Waals surface area contributed by atoms with Crippen LogP contribution in [0.3, 0.4) is 0 Å². The molecule has 0 spiro atoms. The van der Waals surface area contributed by atoms with Gasteiger partial charge in [0, 0.05) is 17.6 Å². The monoisotopic (exact) mass is 299 g/mol. The van der Waals surface area contributed by atoms with E-state index in [1.807, 2.05) is 36.6 Å². The van der Waals surface area contributed by atoms with Gasteiger partial charge in [-0.3, -0.25) is 4.98 Å². The Balaban J connectivity index is 2.02. The molecule has 0 atom stereocenters. The highest BCUT2D eigenvalue weighted by Gasteiger charge is 2.08. The van der Waals surface area contributed by atoms with Gasteiger partial charge in [0.15, 0.2) is 5.16 Å². The molecule has 0 saturated heterocycles. The maximum atomic E-state index is 5.88. The van der Waals surface area contributed by atoms with Crippen molar-refractivity contribution in [3.63, 3.8) is 0 Å². The Labute approximate surface area is 125 Å². The molecule has 106 valence electrons. The van der Waals surface area contributed by atoms with E-state index in [0.29, 0.717) is 22.6 Å². The number of nitrogens with two attached hydrogens (primary N) is 1. The van der Waals surface area contributed by atoms with Gasteiger partial charge in [-0.15, -0.1) is 0 Å². The van der Waals surface area contributed by atoms with Crippen LogP contribution in [0.1, 0.15) is 0 Å². The van der Waals surface area contributed by atoms with Gasteiger partial charge in [0.1, 0.15) is 11.6 Å². The normalized spacial score (nSPS) is 10.6. The number of ether oxygens (including phenoxy) is 1. The molecule has 0 aliphatic rings. The molecule has 6 nitrogen and oxygen atoms in total. The molecular weight excluding hydrogens is 286 g/mol. The maximum Gasteiger partial charge on any atom is 0.225 e. The standard InChI is InChI=1S/C14H13N5OS/c1-21-14-17-12(19-15)8-13(18-14)20-11-6-2-5-10-9(11)4-3-7-16-10/h2-8H,15H2,1H3,(H,17,18,19). The Bertz CT molecular complexity index is 753. The Morgan fingerprint density at radius 2 is 2.10 bits per heavy atom. The van der Waals surface area contributed by atoms with Crippen molar-refractivity contribution in [1.29, 1.82) is 0 Å². The summed E-state index contributed by atoms with van der Waals surface area (Å²) in [4.78, 5) is 12.8. The van der Waals surface area contributed by atoms with Crippen LogP contribution in [-0.4, -0.2) is 21.2 Å². The summed E-state index contributed by atoms with van der Waals surface area (Å²) in [5, 5.41) is 1.50. The van der Waals surface area contributed by atoms with E-state index >= 15 is 0 Å². The summed E-state index contributed by atoms with van der Waals surface area (Å²) in [6.45, 7) is 0. The largest absolute Gasteiger partial charge is 0.438 e. The van der Waals surface area contributed by atoms with Gasteiger partial charge in [0.05, 0.1) is 5.52 Å². The minimum Gasteiger partial charge on any atom is -0.438 e. The molecule has 3 N–H and O–H groups in total. The number of thioether (sulfide) groups is 1. The zero-order valence-corrected chi connectivity index (χ0v) is 12.1. The molecule has 0 aliphatic carbocycles. The Kier molecular flexibility index (Phi) is 3.85. The van der Waals surface area contributed by atoms with Crippen molar-refractivity contribution in [2.24, 2.45) is 5.84 Å². The summed E-state index contributed by atoms with van der Waals surface area (Å²) in [7, 11) is 0. The van der Waals surface area contributed by atoms with Crippen LogP contribution in [0.4, 0.5) is 5.82 Å². The zero-order valence-electron chi connectivity index (χ0n) is 11.3. The van der Waals surface area contributed by atoms with Gasteiger partial charge in [-0.25, -0.2) is 10.8 Å². The maximum absolute atomic E-state index is 5.88. The first-order valence-electron chi connectivity index (χ1n) is 6.21. The number of anilines is 1. The molecule has 0 saturated carbocycles. The molecule has 1 aromatic carbocycles. The molecule has 7 heteroatoms. The fourth-order valence-electron chi connectivity index (χ4n) is 1.90. The SMILES string of the molecule is CSc1nc(NN)cc(Oc2cccc3ncccc23)n1. The number of hydrogen-bond acceptors (Lipinski definition) is 7. The summed E-state index contributed by atoms with van der Waals surface area (Å²) in [6, 6.07) is 11.2. The highest BCUT2D eigenvalue weighted by Crippen LogP contribution is 2.29. The summed E-state index contributed by atoms with van der Waals surface area (Å²) < 4.78 is 5.88. The van der Waals surface area contributed by atoms with Crippen molar-refractivity contribution in [2.45, 2.75) is 5.16 Å². The fourth-order valence-corrected chi connectivity index (χ4v) is 2.27. The molecule has 21 heavy (non-hydrogen) atoms. The number of rotatable bonds is 4.